The first-order chi connectivity index (χ1) is 6.56. The molecule has 6 nitrogen and oxygen atoms in total. The molecule has 0 aliphatic carbocycles. The second-order valence-electron chi connectivity index (χ2n) is 3.21. The van der Waals surface area contributed by atoms with E-state index < -0.39 is 24.2 Å². The number of ether oxygens (including phenoxy) is 1. The number of likely N-dealkylation sites (tertiary alicyclic amines) is 1. The monoisotopic (exact) mass is 203 g/mol. The van der Waals surface area contributed by atoms with E-state index in [1.165, 1.54) is 7.11 Å². The molecule has 0 aromatic carbocycles. The van der Waals surface area contributed by atoms with Crippen LogP contribution >= 0.6 is 0 Å². The minimum atomic E-state index is -1.07. The molecular formula is C8H13NO5. The number of hydrogen-bond acceptors (Lipinski definition) is 4. The number of rotatable bonds is 1. The highest BCUT2D eigenvalue weighted by Crippen LogP contribution is 2.18. The van der Waals surface area contributed by atoms with Gasteiger partial charge in [0, 0.05) is 0 Å². The maximum Gasteiger partial charge on any atom is 0.410 e. The standard InChI is InChI=1S/C8H13NO5/c1-14-8(13)9-4-5(10)2-3-6(9)7(11)12/h5-6,10H,2-4H2,1H3,(H,11,12)/t5-,6-/m0/s1. The van der Waals surface area contributed by atoms with Gasteiger partial charge < -0.3 is 14.9 Å². The molecule has 1 aliphatic rings. The number of piperidine rings is 1. The summed E-state index contributed by atoms with van der Waals surface area (Å²) in [4.78, 5) is 23.0. The van der Waals surface area contributed by atoms with Crippen molar-refractivity contribution < 1.29 is 24.5 Å². The van der Waals surface area contributed by atoms with Crippen LogP contribution in [0.3, 0.4) is 0 Å². The summed E-state index contributed by atoms with van der Waals surface area (Å²) < 4.78 is 4.43. The van der Waals surface area contributed by atoms with Gasteiger partial charge in [0.25, 0.3) is 0 Å². The third-order valence-electron chi connectivity index (χ3n) is 2.25. The van der Waals surface area contributed by atoms with Gasteiger partial charge in [-0.2, -0.15) is 0 Å². The first-order valence-corrected chi connectivity index (χ1v) is 4.31. The van der Waals surface area contributed by atoms with Crippen molar-refractivity contribution in [2.24, 2.45) is 0 Å². The summed E-state index contributed by atoms with van der Waals surface area (Å²) in [6, 6.07) is -0.883. The van der Waals surface area contributed by atoms with E-state index in [4.69, 9.17) is 5.11 Å². The zero-order valence-corrected chi connectivity index (χ0v) is 7.84. The van der Waals surface area contributed by atoms with Crippen molar-refractivity contribution in [3.05, 3.63) is 0 Å². The average molecular weight is 203 g/mol. The number of nitrogens with zero attached hydrogens (tertiary/aromatic N) is 1. The number of carbonyl (C=O) groups is 2. The van der Waals surface area contributed by atoms with E-state index in [1.54, 1.807) is 0 Å². The Morgan fingerprint density at radius 3 is 2.57 bits per heavy atom. The van der Waals surface area contributed by atoms with Crippen LogP contribution in [-0.4, -0.2) is 53.0 Å². The largest absolute Gasteiger partial charge is 0.480 e. The van der Waals surface area contributed by atoms with E-state index in [2.05, 4.69) is 4.74 Å². The second kappa shape index (κ2) is 4.28. The van der Waals surface area contributed by atoms with Crippen LogP contribution in [0.4, 0.5) is 4.79 Å². The van der Waals surface area contributed by atoms with E-state index in [9.17, 15) is 14.7 Å². The number of methoxy groups -OCH3 is 1. The summed E-state index contributed by atoms with van der Waals surface area (Å²) in [5, 5.41) is 18.1. The molecule has 1 aliphatic heterocycles. The van der Waals surface area contributed by atoms with Gasteiger partial charge in [-0.25, -0.2) is 9.59 Å². The summed E-state index contributed by atoms with van der Waals surface area (Å²) in [6.07, 6.45) is -0.725. The van der Waals surface area contributed by atoms with Crippen molar-refractivity contribution in [1.82, 2.24) is 4.90 Å². The molecule has 1 heterocycles. The zero-order valence-electron chi connectivity index (χ0n) is 7.84. The smallest absolute Gasteiger partial charge is 0.410 e. The highest BCUT2D eigenvalue weighted by Gasteiger charge is 2.35. The summed E-state index contributed by atoms with van der Waals surface area (Å²) in [5.74, 6) is -1.07. The number of carboxylic acid groups (broad SMARTS) is 1. The predicted octanol–water partition coefficient (Wildman–Crippen LogP) is -0.337. The Kier molecular flexibility index (Phi) is 3.29. The van der Waals surface area contributed by atoms with Gasteiger partial charge in [-0.15, -0.1) is 0 Å². The van der Waals surface area contributed by atoms with Crippen LogP contribution in [0.15, 0.2) is 0 Å². The van der Waals surface area contributed by atoms with Crippen molar-refractivity contribution >= 4 is 12.1 Å². The molecular weight excluding hydrogens is 190 g/mol. The molecule has 0 aromatic heterocycles. The summed E-state index contributed by atoms with van der Waals surface area (Å²) in [7, 11) is 1.18. The Bertz CT molecular complexity index is 242. The van der Waals surface area contributed by atoms with Crippen molar-refractivity contribution in [3.63, 3.8) is 0 Å². The first kappa shape index (κ1) is 10.8. The molecule has 1 amide bonds. The molecule has 0 radical (unpaired) electrons. The highest BCUT2D eigenvalue weighted by molar-refractivity contribution is 5.80. The lowest BCUT2D eigenvalue weighted by Gasteiger charge is -2.34. The molecule has 0 unspecified atom stereocenters. The number of hydrogen-bond donors (Lipinski definition) is 2. The molecule has 80 valence electrons. The molecule has 0 bridgehead atoms. The molecule has 1 rings (SSSR count). The number of β-amino-alcohol motifs (C(OH)–C–C–N with tert-alkyl or cyclic N) is 1. The Hall–Kier alpha value is -1.30. The molecule has 0 spiro atoms. The molecule has 0 aromatic rings. The van der Waals surface area contributed by atoms with E-state index in [0.717, 1.165) is 4.90 Å². The fourth-order valence-electron chi connectivity index (χ4n) is 1.53. The Balaban J connectivity index is 2.73. The molecule has 2 atom stereocenters. The number of aliphatic carboxylic acids is 1. The third-order valence-corrected chi connectivity index (χ3v) is 2.25. The second-order valence-corrected chi connectivity index (χ2v) is 3.21. The SMILES string of the molecule is COC(=O)N1C[C@@H](O)CC[C@H]1C(=O)O. The fourth-order valence-corrected chi connectivity index (χ4v) is 1.53. The normalized spacial score (nSPS) is 27.1. The maximum atomic E-state index is 11.2. The van der Waals surface area contributed by atoms with Gasteiger partial charge in [-0.05, 0) is 12.8 Å². The van der Waals surface area contributed by atoms with E-state index in [1.807, 2.05) is 0 Å². The maximum absolute atomic E-state index is 11.2. The van der Waals surface area contributed by atoms with Crippen LogP contribution in [0.25, 0.3) is 0 Å². The van der Waals surface area contributed by atoms with Gasteiger partial charge in [0.1, 0.15) is 6.04 Å². The number of amides is 1. The Labute approximate surface area is 81.1 Å². The third kappa shape index (κ3) is 2.14. The predicted molar refractivity (Wildman–Crippen MR) is 45.8 cm³/mol. The number of aliphatic hydroxyl groups excluding tert-OH is 1. The quantitative estimate of drug-likeness (QED) is 0.609. The van der Waals surface area contributed by atoms with Gasteiger partial charge in [-0.1, -0.05) is 0 Å². The summed E-state index contributed by atoms with van der Waals surface area (Å²) in [5.41, 5.74) is 0. The Morgan fingerprint density at radius 1 is 1.43 bits per heavy atom. The van der Waals surface area contributed by atoms with Crippen molar-refractivity contribution in [1.29, 1.82) is 0 Å². The topological polar surface area (TPSA) is 87.1 Å². The molecule has 0 saturated carbocycles. The van der Waals surface area contributed by atoms with Gasteiger partial charge >= 0.3 is 12.1 Å². The van der Waals surface area contributed by atoms with Crippen LogP contribution in [0, 0.1) is 0 Å². The lowest BCUT2D eigenvalue weighted by Crippen LogP contribution is -2.52. The highest BCUT2D eigenvalue weighted by atomic mass is 16.5. The first-order valence-electron chi connectivity index (χ1n) is 4.31. The van der Waals surface area contributed by atoms with Crippen LogP contribution in [0.1, 0.15) is 12.8 Å². The molecule has 6 heteroatoms. The van der Waals surface area contributed by atoms with Gasteiger partial charge in [0.2, 0.25) is 0 Å². The fraction of sp³-hybridized carbons (Fsp3) is 0.750. The molecule has 14 heavy (non-hydrogen) atoms. The number of carboxylic acids is 1. The number of aliphatic hydroxyl groups is 1. The number of carbonyl (C=O) groups excluding carboxylic acids is 1. The molecule has 1 fully saturated rings. The Morgan fingerprint density at radius 2 is 2.07 bits per heavy atom. The minimum Gasteiger partial charge on any atom is -0.480 e. The van der Waals surface area contributed by atoms with E-state index in [0.29, 0.717) is 6.42 Å². The van der Waals surface area contributed by atoms with Crippen LogP contribution in [0.5, 0.6) is 0 Å². The summed E-state index contributed by atoms with van der Waals surface area (Å²) in [6.45, 7) is 0.0175. The summed E-state index contributed by atoms with van der Waals surface area (Å²) >= 11 is 0. The van der Waals surface area contributed by atoms with Crippen molar-refractivity contribution in [2.75, 3.05) is 13.7 Å². The lowest BCUT2D eigenvalue weighted by atomic mass is 10.0. The van der Waals surface area contributed by atoms with Gasteiger partial charge in [-0.3, -0.25) is 4.90 Å². The molecule has 2 N–H and O–H groups in total. The minimum absolute atomic E-state index is 0.0175. The average Bonchev–Trinajstić information content (AvgIpc) is 2.16. The zero-order chi connectivity index (χ0) is 10.7. The van der Waals surface area contributed by atoms with E-state index >= 15 is 0 Å². The van der Waals surface area contributed by atoms with Gasteiger partial charge in [0.05, 0.1) is 19.8 Å². The van der Waals surface area contributed by atoms with Crippen LogP contribution < -0.4 is 0 Å². The lowest BCUT2D eigenvalue weighted by molar-refractivity contribution is -0.145. The van der Waals surface area contributed by atoms with Crippen molar-refractivity contribution in [3.8, 4) is 0 Å². The van der Waals surface area contributed by atoms with Crippen LogP contribution in [0.2, 0.25) is 0 Å². The van der Waals surface area contributed by atoms with Crippen molar-refractivity contribution in [2.45, 2.75) is 25.0 Å². The van der Waals surface area contributed by atoms with Gasteiger partial charge in [0.15, 0.2) is 0 Å². The van der Waals surface area contributed by atoms with E-state index in [-0.39, 0.29) is 13.0 Å². The molecule has 1 saturated heterocycles. The van der Waals surface area contributed by atoms with Crippen LogP contribution in [-0.2, 0) is 9.53 Å².